The van der Waals surface area contributed by atoms with Gasteiger partial charge in [-0.1, -0.05) is 19.9 Å². The van der Waals surface area contributed by atoms with Gasteiger partial charge < -0.3 is 10.6 Å². The van der Waals surface area contributed by atoms with Crippen LogP contribution in [-0.2, 0) is 11.2 Å². The summed E-state index contributed by atoms with van der Waals surface area (Å²) in [4.78, 5) is 13.7. The average molecular weight is 280 g/mol. The normalized spacial score (nSPS) is 23.8. The van der Waals surface area contributed by atoms with Gasteiger partial charge in [0.2, 0.25) is 5.91 Å². The summed E-state index contributed by atoms with van der Waals surface area (Å²) in [6, 6.07) is 4.30. The fourth-order valence-electron chi connectivity index (χ4n) is 2.77. The maximum atomic E-state index is 12.4. The maximum Gasteiger partial charge on any atom is 0.237 e. The van der Waals surface area contributed by atoms with Gasteiger partial charge in [-0.3, -0.25) is 4.79 Å². The lowest BCUT2D eigenvalue weighted by molar-refractivity contribution is -0.127. The monoisotopic (exact) mass is 280 g/mol. The summed E-state index contributed by atoms with van der Waals surface area (Å²) in [6.45, 7) is 7.37. The van der Waals surface area contributed by atoms with Gasteiger partial charge >= 0.3 is 0 Å². The zero-order valence-corrected chi connectivity index (χ0v) is 12.8. The Morgan fingerprint density at radius 3 is 3.05 bits per heavy atom. The number of thiophene rings is 1. The summed E-state index contributed by atoms with van der Waals surface area (Å²) >= 11 is 1.75. The van der Waals surface area contributed by atoms with Crippen molar-refractivity contribution in [3.63, 3.8) is 0 Å². The van der Waals surface area contributed by atoms with Crippen LogP contribution in [0.15, 0.2) is 17.5 Å². The fraction of sp³-hybridized carbons (Fsp3) is 0.667. The minimum Gasteiger partial charge on any atom is -0.352 e. The molecule has 1 fully saturated rings. The van der Waals surface area contributed by atoms with Crippen molar-refractivity contribution >= 4 is 17.2 Å². The molecular weight excluding hydrogens is 256 g/mol. The molecule has 1 aromatic heterocycles. The van der Waals surface area contributed by atoms with Crippen molar-refractivity contribution in [2.45, 2.75) is 52.1 Å². The number of carbonyl (C=O) groups excluding carboxylic acids is 1. The first-order valence-corrected chi connectivity index (χ1v) is 7.93. The Balaban J connectivity index is 1.89. The standard InChI is InChI=1S/C15H24N2OS/c1-11(10-12-6-4-9-19-12)17-14(18)13-15(2,3)7-5-8-16-13/h4,6,9,11,13,16H,5,7-8,10H2,1-3H3,(H,17,18). The zero-order chi connectivity index (χ0) is 13.9. The molecule has 1 aliphatic rings. The molecule has 1 saturated heterocycles. The fourth-order valence-corrected chi connectivity index (χ4v) is 3.60. The van der Waals surface area contributed by atoms with Gasteiger partial charge in [0.1, 0.15) is 0 Å². The molecule has 2 heterocycles. The van der Waals surface area contributed by atoms with Crippen molar-refractivity contribution in [2.24, 2.45) is 5.41 Å². The first-order valence-electron chi connectivity index (χ1n) is 7.05. The van der Waals surface area contributed by atoms with Crippen molar-refractivity contribution in [1.82, 2.24) is 10.6 Å². The van der Waals surface area contributed by atoms with E-state index >= 15 is 0 Å². The van der Waals surface area contributed by atoms with Crippen molar-refractivity contribution in [2.75, 3.05) is 6.54 Å². The molecule has 2 atom stereocenters. The maximum absolute atomic E-state index is 12.4. The molecule has 4 heteroatoms. The van der Waals surface area contributed by atoms with Crippen molar-refractivity contribution in [3.8, 4) is 0 Å². The number of rotatable bonds is 4. The third kappa shape index (κ3) is 3.80. The Kier molecular flexibility index (Phi) is 4.63. The van der Waals surface area contributed by atoms with E-state index in [0.29, 0.717) is 0 Å². The van der Waals surface area contributed by atoms with Crippen LogP contribution in [0.5, 0.6) is 0 Å². The summed E-state index contributed by atoms with van der Waals surface area (Å²) in [7, 11) is 0. The number of hydrogen-bond donors (Lipinski definition) is 2. The van der Waals surface area contributed by atoms with Crippen LogP contribution in [0.3, 0.4) is 0 Å². The van der Waals surface area contributed by atoms with Crippen LogP contribution in [0.2, 0.25) is 0 Å². The van der Waals surface area contributed by atoms with Crippen LogP contribution in [0, 0.1) is 5.41 Å². The molecule has 1 aromatic rings. The lowest BCUT2D eigenvalue weighted by Gasteiger charge is -2.38. The predicted octanol–water partition coefficient (Wildman–Crippen LogP) is 2.57. The largest absolute Gasteiger partial charge is 0.352 e. The molecular formula is C15H24N2OS. The van der Waals surface area contributed by atoms with Crippen molar-refractivity contribution < 1.29 is 4.79 Å². The van der Waals surface area contributed by atoms with E-state index < -0.39 is 0 Å². The lowest BCUT2D eigenvalue weighted by Crippen LogP contribution is -2.57. The van der Waals surface area contributed by atoms with Gasteiger partial charge in [-0.05, 0) is 43.2 Å². The van der Waals surface area contributed by atoms with E-state index in [2.05, 4.69) is 48.9 Å². The van der Waals surface area contributed by atoms with Gasteiger partial charge in [-0.15, -0.1) is 11.3 Å². The molecule has 1 aliphatic heterocycles. The highest BCUT2D eigenvalue weighted by atomic mass is 32.1. The summed E-state index contributed by atoms with van der Waals surface area (Å²) in [5.74, 6) is 0.147. The van der Waals surface area contributed by atoms with E-state index in [0.717, 1.165) is 25.8 Å². The predicted molar refractivity (Wildman–Crippen MR) is 80.4 cm³/mol. The van der Waals surface area contributed by atoms with Crippen LogP contribution in [0.25, 0.3) is 0 Å². The molecule has 0 radical (unpaired) electrons. The second kappa shape index (κ2) is 6.06. The average Bonchev–Trinajstić information content (AvgIpc) is 2.80. The Labute approximate surface area is 119 Å². The van der Waals surface area contributed by atoms with Gasteiger partial charge in [0.25, 0.3) is 0 Å². The number of hydrogen-bond acceptors (Lipinski definition) is 3. The first kappa shape index (κ1) is 14.5. The third-order valence-electron chi connectivity index (χ3n) is 3.87. The molecule has 2 unspecified atom stereocenters. The third-order valence-corrected chi connectivity index (χ3v) is 4.76. The summed E-state index contributed by atoms with van der Waals surface area (Å²) in [5, 5.41) is 8.59. The zero-order valence-electron chi connectivity index (χ0n) is 12.0. The summed E-state index contributed by atoms with van der Waals surface area (Å²) in [6.07, 6.45) is 3.18. The molecule has 1 amide bonds. The highest BCUT2D eigenvalue weighted by Gasteiger charge is 2.37. The second-order valence-electron chi connectivity index (χ2n) is 6.17. The highest BCUT2D eigenvalue weighted by Crippen LogP contribution is 2.30. The Morgan fingerprint density at radius 2 is 2.42 bits per heavy atom. The van der Waals surface area contributed by atoms with Gasteiger partial charge in [-0.2, -0.15) is 0 Å². The molecule has 3 nitrogen and oxygen atoms in total. The SMILES string of the molecule is CC(Cc1cccs1)NC(=O)C1NCCCC1(C)C. The van der Waals surface area contributed by atoms with E-state index in [9.17, 15) is 4.79 Å². The highest BCUT2D eigenvalue weighted by molar-refractivity contribution is 7.09. The van der Waals surface area contributed by atoms with Crippen LogP contribution < -0.4 is 10.6 Å². The molecule has 0 saturated carbocycles. The number of piperidine rings is 1. The lowest BCUT2D eigenvalue weighted by atomic mass is 9.77. The van der Waals surface area contributed by atoms with Gasteiger partial charge in [-0.25, -0.2) is 0 Å². The van der Waals surface area contributed by atoms with E-state index in [4.69, 9.17) is 0 Å². The summed E-state index contributed by atoms with van der Waals surface area (Å²) < 4.78 is 0. The number of nitrogens with one attached hydrogen (secondary N) is 2. The molecule has 2 N–H and O–H groups in total. The Bertz CT molecular complexity index is 414. The van der Waals surface area contributed by atoms with Gasteiger partial charge in [0.15, 0.2) is 0 Å². The van der Waals surface area contributed by atoms with E-state index in [1.807, 2.05) is 0 Å². The number of amides is 1. The smallest absolute Gasteiger partial charge is 0.237 e. The Hall–Kier alpha value is -0.870. The molecule has 0 aromatic carbocycles. The minimum atomic E-state index is -0.0629. The molecule has 0 bridgehead atoms. The van der Waals surface area contributed by atoms with Gasteiger partial charge in [0, 0.05) is 17.3 Å². The topological polar surface area (TPSA) is 41.1 Å². The minimum absolute atomic E-state index is 0.0466. The second-order valence-corrected chi connectivity index (χ2v) is 7.20. The molecule has 0 aliphatic carbocycles. The molecule has 19 heavy (non-hydrogen) atoms. The van der Waals surface area contributed by atoms with Crippen LogP contribution >= 0.6 is 11.3 Å². The van der Waals surface area contributed by atoms with Crippen molar-refractivity contribution in [1.29, 1.82) is 0 Å². The van der Waals surface area contributed by atoms with Crippen LogP contribution in [0.1, 0.15) is 38.5 Å². The molecule has 0 spiro atoms. The van der Waals surface area contributed by atoms with E-state index in [1.54, 1.807) is 11.3 Å². The molecule has 106 valence electrons. The quantitative estimate of drug-likeness (QED) is 0.890. The Morgan fingerprint density at radius 1 is 1.63 bits per heavy atom. The van der Waals surface area contributed by atoms with Crippen LogP contribution in [0.4, 0.5) is 0 Å². The van der Waals surface area contributed by atoms with Gasteiger partial charge in [0.05, 0.1) is 6.04 Å². The van der Waals surface area contributed by atoms with E-state index in [-0.39, 0.29) is 23.4 Å². The van der Waals surface area contributed by atoms with E-state index in [1.165, 1.54) is 4.88 Å². The number of carbonyl (C=O) groups is 1. The van der Waals surface area contributed by atoms with Crippen molar-refractivity contribution in [3.05, 3.63) is 22.4 Å². The summed E-state index contributed by atoms with van der Waals surface area (Å²) in [5.41, 5.74) is 0.0466. The molecule has 2 rings (SSSR count). The first-order chi connectivity index (χ1) is 8.99. The van der Waals surface area contributed by atoms with Crippen LogP contribution in [-0.4, -0.2) is 24.5 Å².